The first kappa shape index (κ1) is 21.8. The van der Waals surface area contributed by atoms with E-state index in [1.54, 1.807) is 4.90 Å². The standard InChI is InChI=1S/C14H35NO4Si3/c1-20(2,3)17-12-10-15(11-13-18-21(4,5)6)14(16)19-22(7,8)9/h10-13H2,1-9H3. The minimum Gasteiger partial charge on any atom is -0.504 e. The average molecular weight is 366 g/mol. The number of nitrogens with zero attached hydrogens (tertiary/aromatic N) is 1. The van der Waals surface area contributed by atoms with Crippen molar-refractivity contribution < 1.29 is 18.1 Å². The van der Waals surface area contributed by atoms with Crippen LogP contribution in [-0.4, -0.2) is 62.2 Å². The number of rotatable bonds is 9. The predicted molar refractivity (Wildman–Crippen MR) is 100.0 cm³/mol. The lowest BCUT2D eigenvalue weighted by molar-refractivity contribution is 0.128. The van der Waals surface area contributed by atoms with Crippen LogP contribution in [-0.2, 0) is 13.3 Å². The van der Waals surface area contributed by atoms with Crippen molar-refractivity contribution in [3.63, 3.8) is 0 Å². The Bertz CT molecular complexity index is 325. The molecule has 0 fully saturated rings. The van der Waals surface area contributed by atoms with Gasteiger partial charge in [0.25, 0.3) is 0 Å². The van der Waals surface area contributed by atoms with Crippen LogP contribution in [0.5, 0.6) is 0 Å². The fraction of sp³-hybridized carbons (Fsp3) is 0.929. The summed E-state index contributed by atoms with van der Waals surface area (Å²) in [5.74, 6) is 0. The van der Waals surface area contributed by atoms with Gasteiger partial charge >= 0.3 is 6.09 Å². The van der Waals surface area contributed by atoms with Gasteiger partial charge < -0.3 is 18.2 Å². The lowest BCUT2D eigenvalue weighted by atomic mass is 10.5. The van der Waals surface area contributed by atoms with Gasteiger partial charge in [0.2, 0.25) is 8.32 Å². The van der Waals surface area contributed by atoms with Crippen LogP contribution in [0.2, 0.25) is 58.9 Å². The topological polar surface area (TPSA) is 48.0 Å². The zero-order valence-corrected chi connectivity index (χ0v) is 18.9. The van der Waals surface area contributed by atoms with Crippen LogP contribution in [0.25, 0.3) is 0 Å². The Morgan fingerprint density at radius 2 is 1.09 bits per heavy atom. The Balaban J connectivity index is 4.52. The molecular weight excluding hydrogens is 330 g/mol. The summed E-state index contributed by atoms with van der Waals surface area (Å²) < 4.78 is 17.3. The summed E-state index contributed by atoms with van der Waals surface area (Å²) in [4.78, 5) is 14.0. The highest BCUT2D eigenvalue weighted by molar-refractivity contribution is 6.71. The molecule has 0 heterocycles. The van der Waals surface area contributed by atoms with E-state index < -0.39 is 25.0 Å². The molecule has 0 atom stereocenters. The van der Waals surface area contributed by atoms with E-state index in [1.165, 1.54) is 0 Å². The van der Waals surface area contributed by atoms with Gasteiger partial charge in [0.15, 0.2) is 16.6 Å². The maximum atomic E-state index is 12.3. The van der Waals surface area contributed by atoms with E-state index in [0.717, 1.165) is 0 Å². The predicted octanol–water partition coefficient (Wildman–Crippen LogP) is 3.96. The molecule has 8 heteroatoms. The Labute approximate surface area is 139 Å². The highest BCUT2D eigenvalue weighted by Gasteiger charge is 2.25. The van der Waals surface area contributed by atoms with E-state index >= 15 is 0 Å². The molecule has 1 amide bonds. The van der Waals surface area contributed by atoms with Crippen molar-refractivity contribution in [2.24, 2.45) is 0 Å². The molecule has 0 spiro atoms. The van der Waals surface area contributed by atoms with Crippen molar-refractivity contribution in [2.45, 2.75) is 58.9 Å². The van der Waals surface area contributed by atoms with E-state index in [1.807, 2.05) is 19.6 Å². The maximum absolute atomic E-state index is 12.3. The summed E-state index contributed by atoms with van der Waals surface area (Å²) in [5, 5.41) is 0. The molecule has 0 bridgehead atoms. The third kappa shape index (κ3) is 13.5. The molecule has 0 aliphatic carbocycles. The highest BCUT2D eigenvalue weighted by Crippen LogP contribution is 2.09. The zero-order valence-electron chi connectivity index (χ0n) is 15.9. The molecule has 0 radical (unpaired) electrons. The molecule has 132 valence electrons. The van der Waals surface area contributed by atoms with E-state index in [-0.39, 0.29) is 6.09 Å². The summed E-state index contributed by atoms with van der Waals surface area (Å²) in [6, 6.07) is 0. The monoisotopic (exact) mass is 365 g/mol. The molecule has 0 unspecified atom stereocenters. The summed E-state index contributed by atoms with van der Waals surface area (Å²) in [6.07, 6.45) is -0.238. The number of carbonyl (C=O) groups excluding carboxylic acids is 1. The normalized spacial score (nSPS) is 13.1. The third-order valence-electron chi connectivity index (χ3n) is 2.44. The maximum Gasteiger partial charge on any atom is 0.396 e. The summed E-state index contributed by atoms with van der Waals surface area (Å²) in [7, 11) is -5.01. The fourth-order valence-corrected chi connectivity index (χ4v) is 3.61. The van der Waals surface area contributed by atoms with Crippen LogP contribution in [0.1, 0.15) is 0 Å². The molecule has 0 saturated carbocycles. The molecule has 0 saturated heterocycles. The molecule has 0 aliphatic rings. The first-order valence-electron chi connectivity index (χ1n) is 7.95. The van der Waals surface area contributed by atoms with Crippen molar-refractivity contribution in [3.05, 3.63) is 0 Å². The van der Waals surface area contributed by atoms with Crippen molar-refractivity contribution in [1.29, 1.82) is 0 Å². The minimum atomic E-state index is -1.89. The minimum absolute atomic E-state index is 0.238. The zero-order chi connectivity index (χ0) is 17.6. The van der Waals surface area contributed by atoms with E-state index in [4.69, 9.17) is 13.3 Å². The number of amides is 1. The largest absolute Gasteiger partial charge is 0.504 e. The molecular formula is C14H35NO4Si3. The van der Waals surface area contributed by atoms with Crippen LogP contribution >= 0.6 is 0 Å². The number of hydrogen-bond donors (Lipinski definition) is 0. The van der Waals surface area contributed by atoms with E-state index in [0.29, 0.717) is 26.3 Å². The molecule has 5 nitrogen and oxygen atoms in total. The fourth-order valence-electron chi connectivity index (χ4n) is 1.54. The second-order valence-electron chi connectivity index (χ2n) is 8.39. The van der Waals surface area contributed by atoms with Gasteiger partial charge in [-0.15, -0.1) is 0 Å². The van der Waals surface area contributed by atoms with Crippen LogP contribution in [0.3, 0.4) is 0 Å². The van der Waals surface area contributed by atoms with Crippen LogP contribution in [0.15, 0.2) is 0 Å². The molecule has 0 aliphatic heterocycles. The Morgan fingerprint density at radius 3 is 1.36 bits per heavy atom. The van der Waals surface area contributed by atoms with Crippen molar-refractivity contribution in [2.75, 3.05) is 26.3 Å². The molecule has 0 rings (SSSR count). The number of hydrogen-bond acceptors (Lipinski definition) is 4. The Morgan fingerprint density at radius 1 is 0.727 bits per heavy atom. The van der Waals surface area contributed by atoms with Crippen molar-refractivity contribution >= 4 is 31.0 Å². The molecule has 0 aromatic carbocycles. The average Bonchev–Trinajstić information content (AvgIpc) is 2.21. The van der Waals surface area contributed by atoms with Crippen molar-refractivity contribution in [3.8, 4) is 0 Å². The van der Waals surface area contributed by atoms with Crippen LogP contribution in [0.4, 0.5) is 4.79 Å². The molecule has 0 aromatic rings. The van der Waals surface area contributed by atoms with Gasteiger partial charge in [0.05, 0.1) is 13.2 Å². The first-order chi connectivity index (χ1) is 9.70. The first-order valence-corrected chi connectivity index (χ1v) is 18.2. The van der Waals surface area contributed by atoms with Gasteiger partial charge in [-0.3, -0.25) is 0 Å². The van der Waals surface area contributed by atoms with Gasteiger partial charge in [-0.25, -0.2) is 4.79 Å². The third-order valence-corrected chi connectivity index (χ3v) is 5.37. The lowest BCUT2D eigenvalue weighted by Crippen LogP contribution is -2.44. The smallest absolute Gasteiger partial charge is 0.396 e. The Hall–Kier alpha value is -0.159. The van der Waals surface area contributed by atoms with Crippen LogP contribution < -0.4 is 0 Å². The summed E-state index contributed by atoms with van der Waals surface area (Å²) in [5.41, 5.74) is 0. The SMILES string of the molecule is C[Si](C)(C)OCCN(CCO[Si](C)(C)C)C(=O)O[Si](C)(C)C. The van der Waals surface area contributed by atoms with Crippen LogP contribution in [0, 0.1) is 0 Å². The quantitative estimate of drug-likeness (QED) is 0.580. The van der Waals surface area contributed by atoms with Crippen molar-refractivity contribution in [1.82, 2.24) is 4.90 Å². The Kier molecular flexibility index (Phi) is 8.56. The van der Waals surface area contributed by atoms with Gasteiger partial charge in [-0.2, -0.15) is 0 Å². The summed E-state index contributed by atoms with van der Waals surface area (Å²) >= 11 is 0. The number of carbonyl (C=O) groups is 1. The van der Waals surface area contributed by atoms with E-state index in [2.05, 4.69) is 39.3 Å². The lowest BCUT2D eigenvalue weighted by Gasteiger charge is -2.29. The second-order valence-corrected chi connectivity index (χ2v) is 21.8. The van der Waals surface area contributed by atoms with Gasteiger partial charge in [0, 0.05) is 13.1 Å². The molecule has 0 aromatic heterocycles. The van der Waals surface area contributed by atoms with E-state index in [9.17, 15) is 4.79 Å². The molecule has 0 N–H and O–H groups in total. The highest BCUT2D eigenvalue weighted by atomic mass is 28.4. The van der Waals surface area contributed by atoms with Gasteiger partial charge in [-0.05, 0) is 58.9 Å². The van der Waals surface area contributed by atoms with Gasteiger partial charge in [0.1, 0.15) is 0 Å². The summed E-state index contributed by atoms with van der Waals surface area (Å²) in [6.45, 7) is 21.1. The van der Waals surface area contributed by atoms with Gasteiger partial charge in [-0.1, -0.05) is 0 Å². The molecule has 22 heavy (non-hydrogen) atoms. The second kappa shape index (κ2) is 8.63.